The second kappa shape index (κ2) is 23.3. The van der Waals surface area contributed by atoms with Crippen LogP contribution in [0.2, 0.25) is 0 Å². The van der Waals surface area contributed by atoms with Crippen molar-refractivity contribution in [1.82, 2.24) is 0 Å². The summed E-state index contributed by atoms with van der Waals surface area (Å²) in [6.07, 6.45) is 8.90. The minimum atomic E-state index is -0.129. The summed E-state index contributed by atoms with van der Waals surface area (Å²) >= 11 is 0. The highest BCUT2D eigenvalue weighted by Crippen LogP contribution is 2.08. The van der Waals surface area contributed by atoms with Gasteiger partial charge in [-0.25, -0.2) is 0 Å². The number of hydrogen-bond donors (Lipinski definition) is 1. The molecule has 162 valence electrons. The van der Waals surface area contributed by atoms with E-state index in [0.717, 1.165) is 12.8 Å². The van der Waals surface area contributed by atoms with Gasteiger partial charge in [0.05, 0.1) is 52.9 Å². The van der Waals surface area contributed by atoms with Crippen molar-refractivity contribution in [2.45, 2.75) is 58.3 Å². The van der Waals surface area contributed by atoms with E-state index in [1.807, 2.05) is 0 Å². The molecular formula is C20H41NO6. The number of nitrogens with two attached hydrogens (primary N) is 1. The molecule has 0 radical (unpaired) electrons. The van der Waals surface area contributed by atoms with Crippen LogP contribution in [0.4, 0.5) is 0 Å². The maximum atomic E-state index is 11.6. The Morgan fingerprint density at radius 3 is 1.59 bits per heavy atom. The standard InChI is InChI=1S/C20H41NO6/c1-2-3-4-5-6-7-8-9-20(22)27-19-18-26-17-16-25-15-14-24-13-12-23-11-10-21/h2-19,21H2,1H3. The molecule has 0 heterocycles. The van der Waals surface area contributed by atoms with Crippen LogP contribution in [0.1, 0.15) is 58.3 Å². The molecule has 0 rings (SSSR count). The molecule has 0 atom stereocenters. The lowest BCUT2D eigenvalue weighted by atomic mass is 10.1. The number of rotatable bonds is 22. The Balaban J connectivity index is 3.11. The summed E-state index contributed by atoms with van der Waals surface area (Å²) in [6, 6.07) is 0. The Morgan fingerprint density at radius 2 is 1.07 bits per heavy atom. The normalized spacial score (nSPS) is 11.0. The first-order valence-electron chi connectivity index (χ1n) is 10.5. The zero-order chi connectivity index (χ0) is 19.8. The number of carbonyl (C=O) groups is 1. The molecule has 0 aliphatic rings. The first kappa shape index (κ1) is 26.3. The van der Waals surface area contributed by atoms with Gasteiger partial charge in [0.15, 0.2) is 0 Å². The van der Waals surface area contributed by atoms with Gasteiger partial charge in [-0.2, -0.15) is 0 Å². The van der Waals surface area contributed by atoms with Crippen LogP contribution in [0.25, 0.3) is 0 Å². The van der Waals surface area contributed by atoms with Crippen molar-refractivity contribution >= 4 is 5.97 Å². The summed E-state index contributed by atoms with van der Waals surface area (Å²) in [7, 11) is 0. The van der Waals surface area contributed by atoms with Crippen LogP contribution < -0.4 is 5.73 Å². The average Bonchev–Trinajstić information content (AvgIpc) is 2.67. The lowest BCUT2D eigenvalue weighted by molar-refractivity contribution is -0.145. The van der Waals surface area contributed by atoms with Crippen molar-refractivity contribution in [3.63, 3.8) is 0 Å². The van der Waals surface area contributed by atoms with E-state index in [-0.39, 0.29) is 5.97 Å². The highest BCUT2D eigenvalue weighted by atomic mass is 16.6. The second-order valence-corrected chi connectivity index (χ2v) is 6.33. The molecular weight excluding hydrogens is 350 g/mol. The van der Waals surface area contributed by atoms with Gasteiger partial charge < -0.3 is 29.4 Å². The molecule has 7 nitrogen and oxygen atoms in total. The van der Waals surface area contributed by atoms with E-state index < -0.39 is 0 Å². The summed E-state index contributed by atoms with van der Waals surface area (Å²) in [4.78, 5) is 11.6. The molecule has 0 aromatic carbocycles. The molecule has 0 unspecified atom stereocenters. The van der Waals surface area contributed by atoms with E-state index >= 15 is 0 Å². The monoisotopic (exact) mass is 391 g/mol. The predicted molar refractivity (Wildman–Crippen MR) is 106 cm³/mol. The van der Waals surface area contributed by atoms with Crippen LogP contribution in [0.5, 0.6) is 0 Å². The van der Waals surface area contributed by atoms with E-state index in [0.29, 0.717) is 72.4 Å². The lowest BCUT2D eigenvalue weighted by Gasteiger charge is -2.08. The first-order valence-corrected chi connectivity index (χ1v) is 10.5. The molecule has 0 amide bonds. The molecule has 0 aromatic rings. The van der Waals surface area contributed by atoms with Gasteiger partial charge in [0.25, 0.3) is 0 Å². The molecule has 0 saturated carbocycles. The Kier molecular flexibility index (Phi) is 22.7. The Labute approximate surface area is 165 Å². The van der Waals surface area contributed by atoms with Gasteiger partial charge in [0, 0.05) is 13.0 Å². The smallest absolute Gasteiger partial charge is 0.305 e. The third-order valence-electron chi connectivity index (χ3n) is 3.85. The van der Waals surface area contributed by atoms with Crippen molar-refractivity contribution in [3.05, 3.63) is 0 Å². The molecule has 0 aromatic heterocycles. The highest BCUT2D eigenvalue weighted by Gasteiger charge is 2.02. The van der Waals surface area contributed by atoms with Gasteiger partial charge in [-0.05, 0) is 6.42 Å². The fourth-order valence-electron chi connectivity index (χ4n) is 2.36. The van der Waals surface area contributed by atoms with Crippen molar-refractivity contribution in [3.8, 4) is 0 Å². The molecule has 0 saturated heterocycles. The Hall–Kier alpha value is -0.730. The van der Waals surface area contributed by atoms with Crippen molar-refractivity contribution in [1.29, 1.82) is 0 Å². The summed E-state index contributed by atoms with van der Waals surface area (Å²) in [5.74, 6) is -0.129. The maximum absolute atomic E-state index is 11.6. The third-order valence-corrected chi connectivity index (χ3v) is 3.85. The predicted octanol–water partition coefficient (Wildman–Crippen LogP) is 2.70. The zero-order valence-electron chi connectivity index (χ0n) is 17.3. The Morgan fingerprint density at radius 1 is 0.630 bits per heavy atom. The SMILES string of the molecule is CCCCCCCCCC(=O)OCCOCCOCCOCCOCCN. The fourth-order valence-corrected chi connectivity index (χ4v) is 2.36. The quantitative estimate of drug-likeness (QED) is 0.224. The molecule has 2 N–H and O–H groups in total. The van der Waals surface area contributed by atoms with Gasteiger partial charge in [-0.15, -0.1) is 0 Å². The molecule has 0 bridgehead atoms. The fraction of sp³-hybridized carbons (Fsp3) is 0.950. The van der Waals surface area contributed by atoms with Crippen molar-refractivity contribution in [2.24, 2.45) is 5.73 Å². The number of hydrogen-bond acceptors (Lipinski definition) is 7. The van der Waals surface area contributed by atoms with Gasteiger partial charge >= 0.3 is 5.97 Å². The number of ether oxygens (including phenoxy) is 5. The van der Waals surface area contributed by atoms with Crippen LogP contribution in [0.3, 0.4) is 0 Å². The van der Waals surface area contributed by atoms with Gasteiger partial charge in [0.1, 0.15) is 6.61 Å². The van der Waals surface area contributed by atoms with Crippen LogP contribution >= 0.6 is 0 Å². The number of unbranched alkanes of at least 4 members (excludes halogenated alkanes) is 6. The maximum Gasteiger partial charge on any atom is 0.305 e. The summed E-state index contributed by atoms with van der Waals surface area (Å²) in [5, 5.41) is 0. The molecule has 0 aliphatic heterocycles. The van der Waals surface area contributed by atoms with Crippen molar-refractivity contribution in [2.75, 3.05) is 66.0 Å². The van der Waals surface area contributed by atoms with Gasteiger partial charge in [-0.1, -0.05) is 45.4 Å². The zero-order valence-corrected chi connectivity index (χ0v) is 17.3. The highest BCUT2D eigenvalue weighted by molar-refractivity contribution is 5.69. The van der Waals surface area contributed by atoms with E-state index in [1.165, 1.54) is 32.1 Å². The number of esters is 1. The average molecular weight is 392 g/mol. The number of carbonyl (C=O) groups excluding carboxylic acids is 1. The first-order chi connectivity index (χ1) is 13.3. The topological polar surface area (TPSA) is 89.2 Å². The minimum absolute atomic E-state index is 0.129. The van der Waals surface area contributed by atoms with Crippen LogP contribution in [-0.4, -0.2) is 72.0 Å². The van der Waals surface area contributed by atoms with E-state index in [1.54, 1.807) is 0 Å². The van der Waals surface area contributed by atoms with E-state index in [9.17, 15) is 4.79 Å². The van der Waals surface area contributed by atoms with Crippen molar-refractivity contribution < 1.29 is 28.5 Å². The summed E-state index contributed by atoms with van der Waals surface area (Å²) < 4.78 is 26.4. The van der Waals surface area contributed by atoms with Gasteiger partial charge in [-0.3, -0.25) is 4.79 Å². The molecule has 27 heavy (non-hydrogen) atoms. The molecule has 0 aliphatic carbocycles. The molecule has 7 heteroatoms. The van der Waals surface area contributed by atoms with Crippen LogP contribution in [0.15, 0.2) is 0 Å². The van der Waals surface area contributed by atoms with Crippen LogP contribution in [-0.2, 0) is 28.5 Å². The summed E-state index contributed by atoms with van der Waals surface area (Å²) in [5.41, 5.74) is 5.30. The summed E-state index contributed by atoms with van der Waals surface area (Å²) in [6.45, 7) is 7.15. The lowest BCUT2D eigenvalue weighted by Crippen LogP contribution is -2.15. The third kappa shape index (κ3) is 23.2. The van der Waals surface area contributed by atoms with Crippen LogP contribution in [0, 0.1) is 0 Å². The largest absolute Gasteiger partial charge is 0.463 e. The molecule has 0 fully saturated rings. The minimum Gasteiger partial charge on any atom is -0.463 e. The molecule has 0 spiro atoms. The Bertz CT molecular complexity index is 304. The van der Waals surface area contributed by atoms with Gasteiger partial charge in [0.2, 0.25) is 0 Å². The van der Waals surface area contributed by atoms with E-state index in [2.05, 4.69) is 6.92 Å². The second-order valence-electron chi connectivity index (χ2n) is 6.33. The van der Waals surface area contributed by atoms with E-state index in [4.69, 9.17) is 29.4 Å².